The molecule has 0 aromatic carbocycles. The average molecular weight is 225 g/mol. The van der Waals surface area contributed by atoms with Crippen molar-refractivity contribution in [1.82, 2.24) is 5.32 Å². The Morgan fingerprint density at radius 2 is 1.19 bits per heavy atom. The van der Waals surface area contributed by atoms with E-state index in [1.54, 1.807) is 0 Å². The molecule has 0 spiro atoms. The first-order valence-electron chi connectivity index (χ1n) is 7.17. The fourth-order valence-electron chi connectivity index (χ4n) is 2.00. The first-order chi connectivity index (χ1) is 7.91. The minimum Gasteiger partial charge on any atom is -0.320 e. The molecule has 0 aliphatic heterocycles. The summed E-state index contributed by atoms with van der Waals surface area (Å²) in [5.74, 6) is 0. The topological polar surface area (TPSA) is 12.0 Å². The van der Waals surface area contributed by atoms with Gasteiger partial charge in [0, 0.05) is 0 Å². The Labute approximate surface area is 103 Å². The quantitative estimate of drug-likeness (QED) is 0.354. The van der Waals surface area contributed by atoms with Crippen molar-refractivity contribution >= 4 is 0 Å². The van der Waals surface area contributed by atoms with Gasteiger partial charge < -0.3 is 5.32 Å². The maximum atomic E-state index is 3.75. The highest BCUT2D eigenvalue weighted by Gasteiger charge is 1.92. The molecule has 1 nitrogen and oxygen atoms in total. The van der Waals surface area contributed by atoms with Crippen molar-refractivity contribution < 1.29 is 0 Å². The van der Waals surface area contributed by atoms with E-state index < -0.39 is 0 Å². The third-order valence-electron chi connectivity index (χ3n) is 3.09. The molecule has 0 saturated heterocycles. The Kier molecular flexibility index (Phi) is 14.4. The van der Waals surface area contributed by atoms with Gasteiger partial charge in [0.05, 0.1) is 0 Å². The first-order valence-corrected chi connectivity index (χ1v) is 7.17. The highest BCUT2D eigenvalue weighted by Crippen LogP contribution is 2.11. The van der Waals surface area contributed by atoms with Crippen molar-refractivity contribution in [3.63, 3.8) is 0 Å². The summed E-state index contributed by atoms with van der Waals surface area (Å²) in [4.78, 5) is 0. The van der Waals surface area contributed by atoms with Gasteiger partial charge in [0.2, 0.25) is 0 Å². The Hall–Kier alpha value is -0.300. The molecule has 0 aliphatic carbocycles. The second-order valence-corrected chi connectivity index (χ2v) is 4.72. The van der Waals surface area contributed by atoms with Crippen LogP contribution in [0.4, 0.5) is 0 Å². The van der Waals surface area contributed by atoms with Crippen LogP contribution in [0.25, 0.3) is 0 Å². The van der Waals surface area contributed by atoms with Crippen molar-refractivity contribution in [2.75, 3.05) is 13.6 Å². The average Bonchev–Trinajstić information content (AvgIpc) is 2.31. The van der Waals surface area contributed by atoms with Gasteiger partial charge in [0.15, 0.2) is 0 Å². The number of hydrogen-bond donors (Lipinski definition) is 1. The lowest BCUT2D eigenvalue weighted by Gasteiger charge is -2.02. The van der Waals surface area contributed by atoms with Gasteiger partial charge >= 0.3 is 0 Å². The highest BCUT2D eigenvalue weighted by atomic mass is 14.8. The van der Waals surface area contributed by atoms with Gasteiger partial charge in [-0.05, 0) is 32.9 Å². The fraction of sp³-hybridized carbons (Fsp3) is 0.867. The molecule has 0 aromatic heterocycles. The molecule has 1 N–H and O–H groups in total. The van der Waals surface area contributed by atoms with E-state index in [9.17, 15) is 0 Å². The maximum absolute atomic E-state index is 3.75. The number of hydrogen-bond acceptors (Lipinski definition) is 1. The van der Waals surface area contributed by atoms with Crippen LogP contribution in [0.2, 0.25) is 0 Å². The van der Waals surface area contributed by atoms with Gasteiger partial charge in [0.1, 0.15) is 0 Å². The molecular weight excluding hydrogens is 194 g/mol. The molecule has 0 heterocycles. The van der Waals surface area contributed by atoms with Gasteiger partial charge in [-0.15, -0.1) is 6.58 Å². The van der Waals surface area contributed by atoms with E-state index in [-0.39, 0.29) is 0 Å². The van der Waals surface area contributed by atoms with Crippen LogP contribution in [-0.4, -0.2) is 13.6 Å². The lowest BCUT2D eigenvalue weighted by Crippen LogP contribution is -2.06. The molecule has 0 aliphatic rings. The van der Waals surface area contributed by atoms with E-state index in [0.717, 1.165) is 0 Å². The van der Waals surface area contributed by atoms with Crippen LogP contribution in [0, 0.1) is 0 Å². The molecule has 0 rings (SSSR count). The second-order valence-electron chi connectivity index (χ2n) is 4.72. The van der Waals surface area contributed by atoms with E-state index >= 15 is 0 Å². The summed E-state index contributed by atoms with van der Waals surface area (Å²) in [7, 11) is 2.03. The molecule has 0 fully saturated rings. The lowest BCUT2D eigenvalue weighted by atomic mass is 10.1. The Morgan fingerprint density at radius 3 is 1.62 bits per heavy atom. The molecule has 0 atom stereocenters. The normalized spacial score (nSPS) is 10.6. The highest BCUT2D eigenvalue weighted by molar-refractivity contribution is 4.65. The zero-order valence-corrected chi connectivity index (χ0v) is 11.3. The molecule has 16 heavy (non-hydrogen) atoms. The van der Waals surface area contributed by atoms with Crippen LogP contribution in [-0.2, 0) is 0 Å². The van der Waals surface area contributed by atoms with Gasteiger partial charge in [-0.1, -0.05) is 57.4 Å². The fourth-order valence-corrected chi connectivity index (χ4v) is 2.00. The van der Waals surface area contributed by atoms with Crippen molar-refractivity contribution in [1.29, 1.82) is 0 Å². The van der Waals surface area contributed by atoms with Crippen LogP contribution in [0.1, 0.15) is 70.6 Å². The summed E-state index contributed by atoms with van der Waals surface area (Å²) >= 11 is 0. The van der Waals surface area contributed by atoms with Gasteiger partial charge in [-0.3, -0.25) is 0 Å². The van der Waals surface area contributed by atoms with E-state index in [0.29, 0.717) is 0 Å². The molecule has 0 saturated carbocycles. The van der Waals surface area contributed by atoms with Crippen LogP contribution in [0.5, 0.6) is 0 Å². The first kappa shape index (κ1) is 15.7. The van der Waals surface area contributed by atoms with Crippen molar-refractivity contribution in [3.05, 3.63) is 12.7 Å². The predicted molar refractivity (Wildman–Crippen MR) is 74.9 cm³/mol. The summed E-state index contributed by atoms with van der Waals surface area (Å²) < 4.78 is 0. The number of unbranched alkanes of at least 4 members (excludes halogenated alkanes) is 10. The molecule has 96 valence electrons. The van der Waals surface area contributed by atoms with Crippen LogP contribution < -0.4 is 5.32 Å². The molecule has 0 unspecified atom stereocenters. The van der Waals surface area contributed by atoms with Crippen LogP contribution in [0.15, 0.2) is 12.7 Å². The van der Waals surface area contributed by atoms with Crippen LogP contribution in [0.3, 0.4) is 0 Å². The monoisotopic (exact) mass is 225 g/mol. The summed E-state index contributed by atoms with van der Waals surface area (Å²) in [5, 5.41) is 3.20. The zero-order valence-electron chi connectivity index (χ0n) is 11.3. The molecular formula is C15H31N. The predicted octanol–water partition coefficient (Wildman–Crippen LogP) is 4.68. The Balaban J connectivity index is 2.85. The third kappa shape index (κ3) is 13.7. The standard InChI is InChI=1S/C15H31N/c1-3-4-5-6-7-8-9-10-11-12-13-14-15-16-2/h3,16H,1,4-15H2,2H3. The number of rotatable bonds is 13. The van der Waals surface area contributed by atoms with E-state index in [4.69, 9.17) is 0 Å². The Bertz CT molecular complexity index is 131. The van der Waals surface area contributed by atoms with Gasteiger partial charge in [0.25, 0.3) is 0 Å². The lowest BCUT2D eigenvalue weighted by molar-refractivity contribution is 0.548. The van der Waals surface area contributed by atoms with Crippen molar-refractivity contribution in [2.24, 2.45) is 0 Å². The Morgan fingerprint density at radius 1 is 0.750 bits per heavy atom. The molecule has 1 heteroatoms. The number of allylic oxidation sites excluding steroid dienone is 1. The summed E-state index contributed by atoms with van der Waals surface area (Å²) in [5.41, 5.74) is 0. The SMILES string of the molecule is C=CCCCCCCCCCCCCNC. The summed E-state index contributed by atoms with van der Waals surface area (Å²) in [6.45, 7) is 4.93. The van der Waals surface area contributed by atoms with Crippen LogP contribution >= 0.6 is 0 Å². The van der Waals surface area contributed by atoms with E-state index in [2.05, 4.69) is 11.9 Å². The van der Waals surface area contributed by atoms with E-state index in [1.807, 2.05) is 13.1 Å². The summed E-state index contributed by atoms with van der Waals surface area (Å²) in [6.07, 6.45) is 17.3. The maximum Gasteiger partial charge on any atom is -0.00519 e. The summed E-state index contributed by atoms with van der Waals surface area (Å²) in [6, 6.07) is 0. The smallest absolute Gasteiger partial charge is 0.00519 e. The van der Waals surface area contributed by atoms with Crippen molar-refractivity contribution in [3.8, 4) is 0 Å². The third-order valence-corrected chi connectivity index (χ3v) is 3.09. The van der Waals surface area contributed by atoms with Gasteiger partial charge in [-0.25, -0.2) is 0 Å². The number of nitrogens with one attached hydrogen (secondary N) is 1. The van der Waals surface area contributed by atoms with Gasteiger partial charge in [-0.2, -0.15) is 0 Å². The van der Waals surface area contributed by atoms with E-state index in [1.165, 1.54) is 77.2 Å². The second kappa shape index (κ2) is 14.7. The minimum absolute atomic E-state index is 1.18. The largest absolute Gasteiger partial charge is 0.320 e. The minimum atomic E-state index is 1.18. The molecule has 0 aromatic rings. The zero-order chi connectivity index (χ0) is 11.9. The molecule has 0 amide bonds. The molecule has 0 bridgehead atoms. The van der Waals surface area contributed by atoms with Crippen molar-refractivity contribution in [2.45, 2.75) is 70.6 Å². The molecule has 0 radical (unpaired) electrons.